The number of hydrogen-bond acceptors (Lipinski definition) is 6. The van der Waals surface area contributed by atoms with E-state index in [1.54, 1.807) is 6.07 Å². The smallest absolute Gasteiger partial charge is 0.296 e. The van der Waals surface area contributed by atoms with Gasteiger partial charge in [0.05, 0.1) is 16.7 Å². The van der Waals surface area contributed by atoms with Crippen molar-refractivity contribution in [3.63, 3.8) is 0 Å². The lowest BCUT2D eigenvalue weighted by atomic mass is 9.98. The van der Waals surface area contributed by atoms with Gasteiger partial charge in [-0.05, 0) is 24.8 Å². The van der Waals surface area contributed by atoms with Crippen molar-refractivity contribution in [3.8, 4) is 5.75 Å². The quantitative estimate of drug-likeness (QED) is 0.641. The van der Waals surface area contributed by atoms with Crippen LogP contribution >= 0.6 is 0 Å². The highest BCUT2D eigenvalue weighted by atomic mass is 16.6. The molecule has 3 rings (SSSR count). The molecule has 2 aliphatic heterocycles. The van der Waals surface area contributed by atoms with Gasteiger partial charge in [0.25, 0.3) is 11.6 Å². The number of carbonyl (C=O) groups excluding carboxylic acids is 1. The summed E-state index contributed by atoms with van der Waals surface area (Å²) in [5.41, 5.74) is 0.851. The summed E-state index contributed by atoms with van der Waals surface area (Å²) < 4.78 is 5.24. The second-order valence-electron chi connectivity index (χ2n) is 5.57. The summed E-state index contributed by atoms with van der Waals surface area (Å²) in [6.45, 7) is 1.17. The number of rotatable bonds is 3. The van der Waals surface area contributed by atoms with E-state index >= 15 is 0 Å². The first-order chi connectivity index (χ1) is 10.6. The Hall–Kier alpha value is -2.35. The molecule has 1 unspecified atom stereocenters. The molecular formula is C14H17N3O5. The van der Waals surface area contributed by atoms with Gasteiger partial charge in [0.15, 0.2) is 12.4 Å². The molecule has 0 saturated carbocycles. The van der Waals surface area contributed by atoms with Gasteiger partial charge in [0.2, 0.25) is 0 Å². The number of amides is 1. The summed E-state index contributed by atoms with van der Waals surface area (Å²) in [6, 6.07) is 2.94. The lowest BCUT2D eigenvalue weighted by molar-refractivity contribution is -0.384. The topological polar surface area (TPSA) is 105 Å². The molecule has 0 bridgehead atoms. The molecule has 1 aromatic carbocycles. The molecule has 0 aliphatic carbocycles. The van der Waals surface area contributed by atoms with Crippen molar-refractivity contribution in [2.45, 2.75) is 12.8 Å². The SMILES string of the molecule is O=C1COc2cc([N+](=O)[O-])c(N3CCCC(CO)C3)cc2N1. The molecule has 118 valence electrons. The van der Waals surface area contributed by atoms with Crippen LogP contribution in [0.25, 0.3) is 0 Å². The van der Waals surface area contributed by atoms with E-state index in [0.29, 0.717) is 30.2 Å². The molecule has 2 aliphatic rings. The Morgan fingerprint density at radius 2 is 2.32 bits per heavy atom. The van der Waals surface area contributed by atoms with E-state index in [1.165, 1.54) is 6.07 Å². The summed E-state index contributed by atoms with van der Waals surface area (Å²) in [5, 5.41) is 23.3. The zero-order chi connectivity index (χ0) is 15.7. The van der Waals surface area contributed by atoms with Crippen LogP contribution in [0.2, 0.25) is 0 Å². The summed E-state index contributed by atoms with van der Waals surface area (Å²) in [5.74, 6) is 0.139. The number of ether oxygens (including phenoxy) is 1. The van der Waals surface area contributed by atoms with Crippen molar-refractivity contribution in [3.05, 3.63) is 22.2 Å². The zero-order valence-electron chi connectivity index (χ0n) is 11.9. The van der Waals surface area contributed by atoms with E-state index in [2.05, 4.69) is 5.32 Å². The maximum atomic E-state index is 11.4. The number of benzene rings is 1. The van der Waals surface area contributed by atoms with Crippen molar-refractivity contribution < 1.29 is 19.6 Å². The first-order valence-corrected chi connectivity index (χ1v) is 7.19. The third-order valence-corrected chi connectivity index (χ3v) is 4.02. The molecule has 0 aromatic heterocycles. The minimum atomic E-state index is -0.446. The van der Waals surface area contributed by atoms with E-state index in [-0.39, 0.29) is 30.7 Å². The van der Waals surface area contributed by atoms with Crippen molar-refractivity contribution in [2.24, 2.45) is 5.92 Å². The number of nitrogens with one attached hydrogen (secondary N) is 1. The Morgan fingerprint density at radius 3 is 3.05 bits per heavy atom. The number of carbonyl (C=O) groups is 1. The zero-order valence-corrected chi connectivity index (χ0v) is 11.9. The molecule has 22 heavy (non-hydrogen) atoms. The Balaban J connectivity index is 1.99. The number of nitro groups is 1. The summed E-state index contributed by atoms with van der Waals surface area (Å²) in [6.07, 6.45) is 1.77. The van der Waals surface area contributed by atoms with Gasteiger partial charge in [-0.3, -0.25) is 14.9 Å². The first-order valence-electron chi connectivity index (χ1n) is 7.19. The summed E-state index contributed by atoms with van der Waals surface area (Å²) >= 11 is 0. The molecule has 0 radical (unpaired) electrons. The summed E-state index contributed by atoms with van der Waals surface area (Å²) in [7, 11) is 0. The molecule has 8 heteroatoms. The van der Waals surface area contributed by atoms with Gasteiger partial charge in [-0.15, -0.1) is 0 Å². The Morgan fingerprint density at radius 1 is 1.50 bits per heavy atom. The van der Waals surface area contributed by atoms with Crippen LogP contribution in [0.15, 0.2) is 12.1 Å². The number of anilines is 2. The van der Waals surface area contributed by atoms with Crippen LogP contribution < -0.4 is 15.0 Å². The largest absolute Gasteiger partial charge is 0.481 e. The van der Waals surface area contributed by atoms with Crippen LogP contribution in [0.5, 0.6) is 5.75 Å². The average Bonchev–Trinajstić information content (AvgIpc) is 2.53. The van der Waals surface area contributed by atoms with Crippen molar-refractivity contribution >= 4 is 23.0 Å². The standard InChI is InChI=1S/C14H17N3O5/c18-7-9-2-1-3-16(6-9)11-4-10-13(5-12(11)17(20)21)22-8-14(19)15-10/h4-5,9,18H,1-3,6-8H2,(H,15,19). The second-order valence-corrected chi connectivity index (χ2v) is 5.57. The van der Waals surface area contributed by atoms with Crippen LogP contribution in [0.4, 0.5) is 17.1 Å². The maximum Gasteiger partial charge on any atom is 0.296 e. The van der Waals surface area contributed by atoms with Crippen LogP contribution in [0.1, 0.15) is 12.8 Å². The first kappa shape index (κ1) is 14.6. The highest BCUT2D eigenvalue weighted by molar-refractivity contribution is 5.96. The van der Waals surface area contributed by atoms with Crippen molar-refractivity contribution in [1.82, 2.24) is 0 Å². The number of nitro benzene ring substituents is 1. The van der Waals surface area contributed by atoms with Gasteiger partial charge in [0, 0.05) is 19.7 Å². The number of aliphatic hydroxyl groups is 1. The maximum absolute atomic E-state index is 11.4. The fourth-order valence-corrected chi connectivity index (χ4v) is 2.94. The second kappa shape index (κ2) is 5.80. The van der Waals surface area contributed by atoms with Crippen LogP contribution in [-0.4, -0.2) is 42.2 Å². The van der Waals surface area contributed by atoms with Gasteiger partial charge < -0.3 is 20.1 Å². The van der Waals surface area contributed by atoms with Gasteiger partial charge in [-0.2, -0.15) is 0 Å². The van der Waals surface area contributed by atoms with E-state index in [0.717, 1.165) is 12.8 Å². The minimum Gasteiger partial charge on any atom is -0.481 e. The molecule has 1 amide bonds. The van der Waals surface area contributed by atoms with E-state index in [4.69, 9.17) is 4.74 Å². The van der Waals surface area contributed by atoms with Gasteiger partial charge >= 0.3 is 0 Å². The molecule has 2 heterocycles. The number of aliphatic hydroxyl groups excluding tert-OH is 1. The Bertz CT molecular complexity index is 619. The van der Waals surface area contributed by atoms with E-state index in [9.17, 15) is 20.0 Å². The van der Waals surface area contributed by atoms with Gasteiger partial charge in [-0.1, -0.05) is 0 Å². The van der Waals surface area contributed by atoms with Crippen molar-refractivity contribution in [1.29, 1.82) is 0 Å². The molecule has 0 spiro atoms. The summed E-state index contributed by atoms with van der Waals surface area (Å²) in [4.78, 5) is 24.2. The third-order valence-electron chi connectivity index (χ3n) is 4.02. The molecule has 8 nitrogen and oxygen atoms in total. The Labute approximate surface area is 126 Å². The minimum absolute atomic E-state index is 0.0477. The lowest BCUT2D eigenvalue weighted by Gasteiger charge is -2.33. The van der Waals surface area contributed by atoms with Crippen LogP contribution in [0.3, 0.4) is 0 Å². The molecular weight excluding hydrogens is 290 g/mol. The van der Waals surface area contributed by atoms with Gasteiger partial charge in [-0.25, -0.2) is 0 Å². The fraction of sp³-hybridized carbons (Fsp3) is 0.500. The lowest BCUT2D eigenvalue weighted by Crippen LogP contribution is -2.37. The number of piperidine rings is 1. The molecule has 1 aromatic rings. The monoisotopic (exact) mass is 307 g/mol. The average molecular weight is 307 g/mol. The highest BCUT2D eigenvalue weighted by Gasteiger charge is 2.29. The molecule has 1 atom stereocenters. The normalized spacial score (nSPS) is 20.9. The predicted octanol–water partition coefficient (Wildman–Crippen LogP) is 1.13. The molecule has 1 fully saturated rings. The predicted molar refractivity (Wildman–Crippen MR) is 79.2 cm³/mol. The number of fused-ring (bicyclic) bond motifs is 1. The van der Waals surface area contributed by atoms with Crippen LogP contribution in [-0.2, 0) is 4.79 Å². The molecule has 1 saturated heterocycles. The molecule has 2 N–H and O–H groups in total. The van der Waals surface area contributed by atoms with E-state index < -0.39 is 4.92 Å². The van der Waals surface area contributed by atoms with Crippen molar-refractivity contribution in [2.75, 3.05) is 36.5 Å². The van der Waals surface area contributed by atoms with Gasteiger partial charge in [0.1, 0.15) is 5.69 Å². The highest BCUT2D eigenvalue weighted by Crippen LogP contribution is 2.40. The van der Waals surface area contributed by atoms with E-state index in [1.807, 2.05) is 4.90 Å². The van der Waals surface area contributed by atoms with Crippen LogP contribution in [0, 0.1) is 16.0 Å². The third kappa shape index (κ3) is 2.69. The number of hydrogen-bond donors (Lipinski definition) is 2. The Kier molecular flexibility index (Phi) is 3.84. The fourth-order valence-electron chi connectivity index (χ4n) is 2.94. The number of nitrogens with zero attached hydrogens (tertiary/aromatic N) is 2.